The number of rotatable bonds is 3. The Morgan fingerprint density at radius 3 is 2.38 bits per heavy atom. The highest BCUT2D eigenvalue weighted by Crippen LogP contribution is 2.23. The molecule has 0 aliphatic carbocycles. The summed E-state index contributed by atoms with van der Waals surface area (Å²) in [6.07, 6.45) is 3.10. The number of aromatic nitrogens is 2. The molecular weight excluding hydrogens is 164 g/mol. The molecule has 3 heteroatoms. The third-order valence-electron chi connectivity index (χ3n) is 2.19. The standard InChI is InChI=1S/C10H18N2O/c1-7(2)10(13)9-5-11-6-12(9)8(3)4/h5-8,10,13H,1-4H3. The number of aliphatic hydroxyl groups is 1. The molecule has 0 bridgehead atoms. The third-order valence-corrected chi connectivity index (χ3v) is 2.19. The Hall–Kier alpha value is -0.830. The minimum atomic E-state index is -0.412. The fourth-order valence-electron chi connectivity index (χ4n) is 1.32. The Kier molecular flexibility index (Phi) is 3.09. The van der Waals surface area contributed by atoms with Crippen LogP contribution in [-0.2, 0) is 0 Å². The van der Waals surface area contributed by atoms with E-state index >= 15 is 0 Å². The van der Waals surface area contributed by atoms with E-state index in [1.807, 2.05) is 18.4 Å². The summed E-state index contributed by atoms with van der Waals surface area (Å²) in [5.74, 6) is 0.231. The summed E-state index contributed by atoms with van der Waals surface area (Å²) < 4.78 is 2.00. The van der Waals surface area contributed by atoms with Gasteiger partial charge in [0.1, 0.15) is 0 Å². The van der Waals surface area contributed by atoms with Gasteiger partial charge in [-0.15, -0.1) is 0 Å². The van der Waals surface area contributed by atoms with Gasteiger partial charge in [0.25, 0.3) is 0 Å². The number of hydrogen-bond donors (Lipinski definition) is 1. The molecule has 0 aromatic carbocycles. The molecule has 1 rings (SSSR count). The summed E-state index contributed by atoms with van der Waals surface area (Å²) in [6, 6.07) is 0.353. The predicted octanol–water partition coefficient (Wildman–Crippen LogP) is 2.15. The molecule has 0 aliphatic heterocycles. The van der Waals surface area contributed by atoms with Crippen molar-refractivity contribution in [1.29, 1.82) is 0 Å². The summed E-state index contributed by atoms with van der Waals surface area (Å²) >= 11 is 0. The molecule has 0 saturated heterocycles. The molecule has 1 unspecified atom stereocenters. The monoisotopic (exact) mass is 182 g/mol. The second-order valence-electron chi connectivity index (χ2n) is 4.01. The largest absolute Gasteiger partial charge is 0.387 e. The van der Waals surface area contributed by atoms with Crippen LogP contribution < -0.4 is 0 Å². The smallest absolute Gasteiger partial charge is 0.0978 e. The van der Waals surface area contributed by atoms with E-state index in [2.05, 4.69) is 18.8 Å². The molecule has 0 fully saturated rings. The van der Waals surface area contributed by atoms with Crippen molar-refractivity contribution in [3.63, 3.8) is 0 Å². The lowest BCUT2D eigenvalue weighted by molar-refractivity contribution is 0.117. The third kappa shape index (κ3) is 2.10. The van der Waals surface area contributed by atoms with Crippen LogP contribution in [0.5, 0.6) is 0 Å². The van der Waals surface area contributed by atoms with Crippen LogP contribution in [0.3, 0.4) is 0 Å². The molecular formula is C10H18N2O. The molecule has 1 aromatic heterocycles. The minimum absolute atomic E-state index is 0.231. The molecule has 0 aliphatic rings. The molecule has 0 amide bonds. The number of nitrogens with zero attached hydrogens (tertiary/aromatic N) is 2. The molecule has 3 nitrogen and oxygen atoms in total. The van der Waals surface area contributed by atoms with Gasteiger partial charge in [0, 0.05) is 6.04 Å². The van der Waals surface area contributed by atoms with Gasteiger partial charge in [-0.3, -0.25) is 0 Å². The molecule has 13 heavy (non-hydrogen) atoms. The highest BCUT2D eigenvalue weighted by molar-refractivity contribution is 5.04. The van der Waals surface area contributed by atoms with E-state index in [1.54, 1.807) is 12.5 Å². The molecule has 1 N–H and O–H groups in total. The van der Waals surface area contributed by atoms with Crippen molar-refractivity contribution in [1.82, 2.24) is 9.55 Å². The van der Waals surface area contributed by atoms with Crippen molar-refractivity contribution >= 4 is 0 Å². The molecule has 1 atom stereocenters. The topological polar surface area (TPSA) is 38.1 Å². The van der Waals surface area contributed by atoms with Gasteiger partial charge in [-0.2, -0.15) is 0 Å². The van der Waals surface area contributed by atoms with E-state index in [0.717, 1.165) is 5.69 Å². The van der Waals surface area contributed by atoms with E-state index < -0.39 is 6.10 Å². The second-order valence-corrected chi connectivity index (χ2v) is 4.01. The Bertz CT molecular complexity index is 266. The molecule has 0 radical (unpaired) electrons. The van der Waals surface area contributed by atoms with Crippen LogP contribution in [0.1, 0.15) is 45.5 Å². The fourth-order valence-corrected chi connectivity index (χ4v) is 1.32. The van der Waals surface area contributed by atoms with Gasteiger partial charge in [0.15, 0.2) is 0 Å². The zero-order chi connectivity index (χ0) is 10.0. The quantitative estimate of drug-likeness (QED) is 0.777. The average molecular weight is 182 g/mol. The number of imidazole rings is 1. The molecule has 74 valence electrons. The zero-order valence-electron chi connectivity index (χ0n) is 8.73. The molecule has 0 spiro atoms. The lowest BCUT2D eigenvalue weighted by atomic mass is 10.0. The zero-order valence-corrected chi connectivity index (χ0v) is 8.73. The van der Waals surface area contributed by atoms with Crippen LogP contribution >= 0.6 is 0 Å². The summed E-state index contributed by atoms with van der Waals surface area (Å²) in [5, 5.41) is 9.86. The maximum absolute atomic E-state index is 9.86. The average Bonchev–Trinajstić information content (AvgIpc) is 2.50. The minimum Gasteiger partial charge on any atom is -0.387 e. The summed E-state index contributed by atoms with van der Waals surface area (Å²) in [7, 11) is 0. The SMILES string of the molecule is CC(C)C(O)c1cncn1C(C)C. The Balaban J connectivity index is 2.93. The van der Waals surface area contributed by atoms with Gasteiger partial charge >= 0.3 is 0 Å². The van der Waals surface area contributed by atoms with Gasteiger partial charge in [-0.25, -0.2) is 4.98 Å². The van der Waals surface area contributed by atoms with Gasteiger partial charge in [0.05, 0.1) is 24.3 Å². The molecule has 1 heterocycles. The van der Waals surface area contributed by atoms with E-state index in [-0.39, 0.29) is 5.92 Å². The summed E-state index contributed by atoms with van der Waals surface area (Å²) in [5.41, 5.74) is 0.907. The van der Waals surface area contributed by atoms with Crippen LogP contribution in [0.25, 0.3) is 0 Å². The van der Waals surface area contributed by atoms with Crippen LogP contribution in [0, 0.1) is 5.92 Å². The van der Waals surface area contributed by atoms with Gasteiger partial charge in [-0.1, -0.05) is 13.8 Å². The normalized spacial score (nSPS) is 14.1. The number of hydrogen-bond acceptors (Lipinski definition) is 2. The first-order valence-electron chi connectivity index (χ1n) is 4.73. The van der Waals surface area contributed by atoms with Crippen molar-refractivity contribution < 1.29 is 5.11 Å². The first-order chi connectivity index (χ1) is 6.04. The van der Waals surface area contributed by atoms with Crippen molar-refractivity contribution in [2.45, 2.75) is 39.8 Å². The van der Waals surface area contributed by atoms with Crippen LogP contribution in [0.2, 0.25) is 0 Å². The molecule has 0 saturated carbocycles. The van der Waals surface area contributed by atoms with Crippen molar-refractivity contribution in [3.05, 3.63) is 18.2 Å². The maximum atomic E-state index is 9.86. The van der Waals surface area contributed by atoms with E-state index in [0.29, 0.717) is 6.04 Å². The fraction of sp³-hybridized carbons (Fsp3) is 0.700. The van der Waals surface area contributed by atoms with Gasteiger partial charge in [0.2, 0.25) is 0 Å². The molecule has 1 aromatic rings. The Morgan fingerprint density at radius 2 is 1.92 bits per heavy atom. The van der Waals surface area contributed by atoms with E-state index in [9.17, 15) is 5.11 Å². The summed E-state index contributed by atoms with van der Waals surface area (Å²) in [6.45, 7) is 8.17. The van der Waals surface area contributed by atoms with Crippen molar-refractivity contribution in [2.75, 3.05) is 0 Å². The highest BCUT2D eigenvalue weighted by Gasteiger charge is 2.17. The Labute approximate surface area is 79.4 Å². The lowest BCUT2D eigenvalue weighted by Gasteiger charge is -2.18. The predicted molar refractivity (Wildman–Crippen MR) is 52.4 cm³/mol. The van der Waals surface area contributed by atoms with Crippen LogP contribution in [0.15, 0.2) is 12.5 Å². The summed E-state index contributed by atoms with van der Waals surface area (Å²) in [4.78, 5) is 4.05. The van der Waals surface area contributed by atoms with E-state index in [1.165, 1.54) is 0 Å². The van der Waals surface area contributed by atoms with E-state index in [4.69, 9.17) is 0 Å². The van der Waals surface area contributed by atoms with Crippen LogP contribution in [0.4, 0.5) is 0 Å². The first-order valence-corrected chi connectivity index (χ1v) is 4.73. The number of aliphatic hydroxyl groups excluding tert-OH is 1. The van der Waals surface area contributed by atoms with Crippen molar-refractivity contribution in [3.8, 4) is 0 Å². The van der Waals surface area contributed by atoms with Gasteiger partial charge < -0.3 is 9.67 Å². The second kappa shape index (κ2) is 3.92. The van der Waals surface area contributed by atoms with Crippen LogP contribution in [-0.4, -0.2) is 14.7 Å². The highest BCUT2D eigenvalue weighted by atomic mass is 16.3. The maximum Gasteiger partial charge on any atom is 0.0978 e. The Morgan fingerprint density at radius 1 is 1.31 bits per heavy atom. The van der Waals surface area contributed by atoms with Gasteiger partial charge in [-0.05, 0) is 19.8 Å². The van der Waals surface area contributed by atoms with Crippen molar-refractivity contribution in [2.24, 2.45) is 5.92 Å². The first kappa shape index (κ1) is 10.3. The lowest BCUT2D eigenvalue weighted by Crippen LogP contribution is -2.13.